The minimum absolute atomic E-state index is 0.129. The third-order valence-electron chi connectivity index (χ3n) is 3.16. The van der Waals surface area contributed by atoms with Gasteiger partial charge >= 0.3 is 0 Å². The predicted octanol–water partition coefficient (Wildman–Crippen LogP) is 5.50. The van der Waals surface area contributed by atoms with Gasteiger partial charge in [-0.15, -0.1) is 0 Å². The first-order chi connectivity index (χ1) is 9.92. The normalized spacial score (nSPS) is 12.5. The van der Waals surface area contributed by atoms with Crippen LogP contribution in [0.5, 0.6) is 0 Å². The predicted molar refractivity (Wildman–Crippen MR) is 88.5 cm³/mol. The van der Waals surface area contributed by atoms with Gasteiger partial charge in [-0.1, -0.05) is 28.9 Å². The Bertz CT molecular complexity index is 639. The van der Waals surface area contributed by atoms with Crippen molar-refractivity contribution in [3.05, 3.63) is 67.6 Å². The minimum Gasteiger partial charge on any atom is -0.306 e. The van der Waals surface area contributed by atoms with Crippen LogP contribution in [0.1, 0.15) is 29.7 Å². The molecule has 5 heteroatoms. The van der Waals surface area contributed by atoms with Gasteiger partial charge in [0.2, 0.25) is 0 Å². The van der Waals surface area contributed by atoms with E-state index in [1.165, 1.54) is 12.1 Å². The molecule has 2 aromatic carbocycles. The summed E-state index contributed by atoms with van der Waals surface area (Å²) in [6.45, 7) is 4.55. The van der Waals surface area contributed by atoms with Gasteiger partial charge in [0.25, 0.3) is 0 Å². The van der Waals surface area contributed by atoms with Crippen molar-refractivity contribution >= 4 is 31.9 Å². The highest BCUT2D eigenvalue weighted by Gasteiger charge is 2.20. The van der Waals surface area contributed by atoms with Crippen LogP contribution in [0.4, 0.5) is 8.78 Å². The molecule has 0 aliphatic carbocycles. The van der Waals surface area contributed by atoms with Gasteiger partial charge < -0.3 is 5.32 Å². The zero-order valence-electron chi connectivity index (χ0n) is 11.7. The van der Waals surface area contributed by atoms with Crippen LogP contribution in [-0.2, 0) is 0 Å². The van der Waals surface area contributed by atoms with E-state index in [1.807, 2.05) is 32.0 Å². The molecule has 0 radical (unpaired) electrons. The highest BCUT2D eigenvalue weighted by molar-refractivity contribution is 9.10. The van der Waals surface area contributed by atoms with Crippen molar-refractivity contribution in [1.29, 1.82) is 0 Å². The molecule has 1 N–H and O–H groups in total. The fourth-order valence-corrected chi connectivity index (χ4v) is 3.24. The van der Waals surface area contributed by atoms with Crippen LogP contribution in [-0.4, -0.2) is 6.54 Å². The molecule has 21 heavy (non-hydrogen) atoms. The summed E-state index contributed by atoms with van der Waals surface area (Å²) in [7, 11) is 0. The Balaban J connectivity index is 2.55. The summed E-state index contributed by atoms with van der Waals surface area (Å²) in [5, 5.41) is 3.21. The maximum Gasteiger partial charge on any atom is 0.137 e. The summed E-state index contributed by atoms with van der Waals surface area (Å²) in [5.41, 5.74) is 2.25. The first kappa shape index (κ1) is 16.6. The molecule has 0 bridgehead atoms. The average molecular weight is 419 g/mol. The number of halogens is 4. The molecule has 0 heterocycles. The van der Waals surface area contributed by atoms with Crippen molar-refractivity contribution in [2.24, 2.45) is 0 Å². The molecule has 0 amide bonds. The zero-order chi connectivity index (χ0) is 15.6. The van der Waals surface area contributed by atoms with Crippen molar-refractivity contribution < 1.29 is 8.78 Å². The molecule has 0 fully saturated rings. The molecule has 0 aromatic heterocycles. The lowest BCUT2D eigenvalue weighted by molar-refractivity contribution is 0.542. The van der Waals surface area contributed by atoms with Crippen LogP contribution in [0, 0.1) is 18.6 Å². The van der Waals surface area contributed by atoms with Crippen molar-refractivity contribution in [1.82, 2.24) is 5.32 Å². The molecule has 0 spiro atoms. The van der Waals surface area contributed by atoms with E-state index >= 15 is 0 Å². The van der Waals surface area contributed by atoms with E-state index in [9.17, 15) is 8.78 Å². The first-order valence-corrected chi connectivity index (χ1v) is 8.16. The number of hydrogen-bond acceptors (Lipinski definition) is 1. The highest BCUT2D eigenvalue weighted by atomic mass is 79.9. The van der Waals surface area contributed by atoms with E-state index in [-0.39, 0.29) is 4.47 Å². The summed E-state index contributed by atoms with van der Waals surface area (Å²) in [6, 6.07) is 7.87. The maximum atomic E-state index is 14.2. The van der Waals surface area contributed by atoms with Crippen molar-refractivity contribution in [2.45, 2.75) is 19.9 Å². The molecule has 0 saturated carbocycles. The Morgan fingerprint density at radius 1 is 1.05 bits per heavy atom. The lowest BCUT2D eigenvalue weighted by Gasteiger charge is -2.21. The SMILES string of the molecule is CCNC(c1cc(C)cc(Br)c1)c1cc(F)c(Br)cc1F. The Labute approximate surface area is 140 Å². The molecule has 0 aliphatic heterocycles. The molecular weight excluding hydrogens is 404 g/mol. The fourth-order valence-electron chi connectivity index (χ4n) is 2.30. The van der Waals surface area contributed by atoms with Gasteiger partial charge in [-0.2, -0.15) is 0 Å². The maximum absolute atomic E-state index is 14.2. The minimum atomic E-state index is -0.471. The number of hydrogen-bond donors (Lipinski definition) is 1. The van der Waals surface area contributed by atoms with Gasteiger partial charge in [0, 0.05) is 10.0 Å². The summed E-state index contributed by atoms with van der Waals surface area (Å²) in [4.78, 5) is 0. The number of rotatable bonds is 4. The molecular formula is C16H15Br2F2N. The Hall–Kier alpha value is -0.780. The van der Waals surface area contributed by atoms with Crippen LogP contribution in [0.15, 0.2) is 39.3 Å². The van der Waals surface area contributed by atoms with Gasteiger partial charge in [0.15, 0.2) is 0 Å². The third kappa shape index (κ3) is 3.90. The zero-order valence-corrected chi connectivity index (χ0v) is 14.9. The van der Waals surface area contributed by atoms with Crippen LogP contribution < -0.4 is 5.32 Å². The Kier molecular flexibility index (Phi) is 5.52. The molecule has 112 valence electrons. The van der Waals surface area contributed by atoms with Crippen molar-refractivity contribution in [3.63, 3.8) is 0 Å². The van der Waals surface area contributed by atoms with E-state index in [4.69, 9.17) is 0 Å². The smallest absolute Gasteiger partial charge is 0.137 e. The van der Waals surface area contributed by atoms with E-state index in [0.29, 0.717) is 12.1 Å². The molecule has 2 rings (SSSR count). The van der Waals surface area contributed by atoms with Crippen LogP contribution in [0.2, 0.25) is 0 Å². The van der Waals surface area contributed by atoms with Gasteiger partial charge in [0.05, 0.1) is 10.5 Å². The van der Waals surface area contributed by atoms with Gasteiger partial charge in [-0.25, -0.2) is 8.78 Å². The topological polar surface area (TPSA) is 12.0 Å². The average Bonchev–Trinajstić information content (AvgIpc) is 2.39. The summed E-state index contributed by atoms with van der Waals surface area (Å²) >= 11 is 6.45. The monoisotopic (exact) mass is 417 g/mol. The molecule has 1 atom stereocenters. The molecule has 2 aromatic rings. The second-order valence-electron chi connectivity index (χ2n) is 4.84. The molecule has 0 saturated heterocycles. The van der Waals surface area contributed by atoms with E-state index in [2.05, 4.69) is 37.2 Å². The van der Waals surface area contributed by atoms with E-state index in [1.54, 1.807) is 0 Å². The summed E-state index contributed by atoms with van der Waals surface area (Å²) in [5.74, 6) is -0.909. The summed E-state index contributed by atoms with van der Waals surface area (Å²) in [6.07, 6.45) is 0. The second kappa shape index (κ2) is 6.99. The van der Waals surface area contributed by atoms with Gasteiger partial charge in [-0.3, -0.25) is 0 Å². The second-order valence-corrected chi connectivity index (χ2v) is 6.61. The number of benzene rings is 2. The summed E-state index contributed by atoms with van der Waals surface area (Å²) < 4.78 is 29.1. The molecule has 1 nitrogen and oxygen atoms in total. The molecule has 1 unspecified atom stereocenters. The third-order valence-corrected chi connectivity index (χ3v) is 4.22. The van der Waals surface area contributed by atoms with Crippen LogP contribution >= 0.6 is 31.9 Å². The standard InChI is InChI=1S/C16H15Br2F2N/c1-3-21-16(10-4-9(2)5-11(17)6-10)12-7-15(20)13(18)8-14(12)19/h4-8,16,21H,3H2,1-2H3. The van der Waals surface area contributed by atoms with Crippen LogP contribution in [0.3, 0.4) is 0 Å². The van der Waals surface area contributed by atoms with Gasteiger partial charge in [0.1, 0.15) is 11.6 Å². The number of aryl methyl sites for hydroxylation is 1. The Morgan fingerprint density at radius 3 is 2.38 bits per heavy atom. The highest BCUT2D eigenvalue weighted by Crippen LogP contribution is 2.30. The number of nitrogens with one attached hydrogen (secondary N) is 1. The van der Waals surface area contributed by atoms with E-state index in [0.717, 1.165) is 15.6 Å². The largest absolute Gasteiger partial charge is 0.306 e. The van der Waals surface area contributed by atoms with Crippen molar-refractivity contribution in [2.75, 3.05) is 6.54 Å². The lowest BCUT2D eigenvalue weighted by atomic mass is 9.96. The van der Waals surface area contributed by atoms with Crippen LogP contribution in [0.25, 0.3) is 0 Å². The first-order valence-electron chi connectivity index (χ1n) is 6.57. The lowest BCUT2D eigenvalue weighted by Crippen LogP contribution is -2.23. The van der Waals surface area contributed by atoms with E-state index < -0.39 is 17.7 Å². The van der Waals surface area contributed by atoms with Crippen molar-refractivity contribution in [3.8, 4) is 0 Å². The Morgan fingerprint density at radius 2 is 1.76 bits per heavy atom. The quantitative estimate of drug-likeness (QED) is 0.646. The molecule has 0 aliphatic rings. The fraction of sp³-hybridized carbons (Fsp3) is 0.250. The van der Waals surface area contributed by atoms with Gasteiger partial charge in [-0.05, 0) is 64.8 Å².